The first-order valence-electron chi connectivity index (χ1n) is 8.12. The van der Waals surface area contributed by atoms with Gasteiger partial charge < -0.3 is 19.9 Å². The van der Waals surface area contributed by atoms with Gasteiger partial charge in [0.2, 0.25) is 5.91 Å². The summed E-state index contributed by atoms with van der Waals surface area (Å²) in [6.45, 7) is 0.805. The van der Waals surface area contributed by atoms with Gasteiger partial charge in [-0.25, -0.2) is 4.39 Å². The molecule has 6 nitrogen and oxygen atoms in total. The largest absolute Gasteiger partial charge is 0.490 e. The third-order valence-corrected chi connectivity index (χ3v) is 3.44. The number of hydrogen-bond donors (Lipinski definition) is 2. The monoisotopic (exact) mass is 361 g/mol. The lowest BCUT2D eigenvalue weighted by molar-refractivity contribution is -0.138. The minimum absolute atomic E-state index is 0.0656. The molecule has 0 aliphatic carbocycles. The molecule has 0 heterocycles. The van der Waals surface area contributed by atoms with Crippen molar-refractivity contribution in [2.24, 2.45) is 0 Å². The van der Waals surface area contributed by atoms with Gasteiger partial charge in [-0.2, -0.15) is 0 Å². The molecule has 1 amide bonds. The fourth-order valence-corrected chi connectivity index (χ4v) is 2.14. The number of halogens is 1. The Morgan fingerprint density at radius 3 is 2.38 bits per heavy atom. The summed E-state index contributed by atoms with van der Waals surface area (Å²) in [6.07, 6.45) is -0.269. The van der Waals surface area contributed by atoms with E-state index in [4.69, 9.17) is 14.6 Å². The van der Waals surface area contributed by atoms with E-state index in [1.54, 1.807) is 6.07 Å². The molecule has 0 aliphatic heterocycles. The Bertz CT molecular complexity index is 733. The molecule has 0 aromatic heterocycles. The van der Waals surface area contributed by atoms with Gasteiger partial charge in [0.05, 0.1) is 6.42 Å². The topological polar surface area (TPSA) is 84.9 Å². The van der Waals surface area contributed by atoms with Crippen molar-refractivity contribution in [2.75, 3.05) is 13.2 Å². The van der Waals surface area contributed by atoms with Crippen LogP contribution in [0.15, 0.2) is 48.5 Å². The molecule has 0 radical (unpaired) electrons. The highest BCUT2D eigenvalue weighted by atomic mass is 19.1. The van der Waals surface area contributed by atoms with E-state index in [-0.39, 0.29) is 44.3 Å². The molecule has 0 saturated heterocycles. The maximum atomic E-state index is 12.8. The molecule has 0 atom stereocenters. The van der Waals surface area contributed by atoms with Crippen LogP contribution in [0.25, 0.3) is 0 Å². The Kier molecular flexibility index (Phi) is 7.42. The number of benzene rings is 2. The molecule has 2 rings (SSSR count). The SMILES string of the molecule is O=C(O)CCC(=O)NCc1ccccc1OCCOc1ccc(F)cc1. The maximum absolute atomic E-state index is 12.8. The third-order valence-electron chi connectivity index (χ3n) is 3.44. The maximum Gasteiger partial charge on any atom is 0.303 e. The Balaban J connectivity index is 1.77. The van der Waals surface area contributed by atoms with Gasteiger partial charge in [0.25, 0.3) is 0 Å². The molecule has 0 spiro atoms. The molecule has 2 N–H and O–H groups in total. The quantitative estimate of drug-likeness (QED) is 0.636. The Hall–Kier alpha value is -3.09. The normalized spacial score (nSPS) is 10.2. The first-order chi connectivity index (χ1) is 12.5. The van der Waals surface area contributed by atoms with Crippen LogP contribution >= 0.6 is 0 Å². The van der Waals surface area contributed by atoms with Gasteiger partial charge in [-0.05, 0) is 30.3 Å². The van der Waals surface area contributed by atoms with E-state index in [0.29, 0.717) is 11.5 Å². The minimum atomic E-state index is -1.01. The van der Waals surface area contributed by atoms with E-state index in [1.165, 1.54) is 24.3 Å². The van der Waals surface area contributed by atoms with Gasteiger partial charge in [0.15, 0.2) is 0 Å². The van der Waals surface area contributed by atoms with Gasteiger partial charge in [-0.1, -0.05) is 18.2 Å². The number of carbonyl (C=O) groups excluding carboxylic acids is 1. The lowest BCUT2D eigenvalue weighted by Crippen LogP contribution is -2.23. The molecule has 0 fully saturated rings. The number of aliphatic carboxylic acids is 1. The predicted octanol–water partition coefficient (Wildman–Crippen LogP) is 2.76. The third kappa shape index (κ3) is 6.80. The number of amides is 1. The van der Waals surface area contributed by atoms with Crippen LogP contribution in [-0.4, -0.2) is 30.2 Å². The molecule has 7 heteroatoms. The molecular weight excluding hydrogens is 341 g/mol. The van der Waals surface area contributed by atoms with Crippen molar-refractivity contribution in [2.45, 2.75) is 19.4 Å². The second-order valence-electron chi connectivity index (χ2n) is 5.43. The molecule has 0 aliphatic rings. The van der Waals surface area contributed by atoms with Crippen molar-refractivity contribution < 1.29 is 28.6 Å². The van der Waals surface area contributed by atoms with Gasteiger partial charge in [0.1, 0.15) is 30.5 Å². The lowest BCUT2D eigenvalue weighted by atomic mass is 10.2. The van der Waals surface area contributed by atoms with Crippen molar-refractivity contribution in [3.8, 4) is 11.5 Å². The van der Waals surface area contributed by atoms with Crippen molar-refractivity contribution in [1.82, 2.24) is 5.32 Å². The van der Waals surface area contributed by atoms with Crippen molar-refractivity contribution in [3.05, 3.63) is 59.9 Å². The summed E-state index contributed by atoms with van der Waals surface area (Å²) in [6, 6.07) is 12.9. The van der Waals surface area contributed by atoms with Crippen molar-refractivity contribution >= 4 is 11.9 Å². The van der Waals surface area contributed by atoms with Gasteiger partial charge in [-0.3, -0.25) is 9.59 Å². The summed E-state index contributed by atoms with van der Waals surface area (Å²) >= 11 is 0. The first kappa shape index (κ1) is 19.2. The standard InChI is InChI=1S/C19H20FNO5/c20-15-5-7-16(8-6-15)25-11-12-26-17-4-2-1-3-14(17)13-21-18(22)9-10-19(23)24/h1-8H,9-13H2,(H,21,22)(H,23,24). The zero-order valence-electron chi connectivity index (χ0n) is 14.1. The van der Waals surface area contributed by atoms with E-state index < -0.39 is 5.97 Å². The molecule has 26 heavy (non-hydrogen) atoms. The van der Waals surface area contributed by atoms with Crippen LogP contribution in [0.5, 0.6) is 11.5 Å². The average molecular weight is 361 g/mol. The second-order valence-corrected chi connectivity index (χ2v) is 5.43. The lowest BCUT2D eigenvalue weighted by Gasteiger charge is -2.13. The van der Waals surface area contributed by atoms with Crippen LogP contribution < -0.4 is 14.8 Å². The van der Waals surface area contributed by atoms with Gasteiger partial charge in [0, 0.05) is 18.5 Å². The van der Waals surface area contributed by atoms with Gasteiger partial charge in [-0.15, -0.1) is 0 Å². The number of carboxylic acid groups (broad SMARTS) is 1. The predicted molar refractivity (Wildman–Crippen MR) is 92.5 cm³/mol. The summed E-state index contributed by atoms with van der Waals surface area (Å²) < 4.78 is 23.9. The van der Waals surface area contributed by atoms with Crippen molar-refractivity contribution in [1.29, 1.82) is 0 Å². The van der Waals surface area contributed by atoms with E-state index in [9.17, 15) is 14.0 Å². The number of nitrogens with one attached hydrogen (secondary N) is 1. The van der Waals surface area contributed by atoms with E-state index in [1.807, 2.05) is 18.2 Å². The van der Waals surface area contributed by atoms with Crippen LogP contribution in [0.4, 0.5) is 4.39 Å². The highest BCUT2D eigenvalue weighted by Crippen LogP contribution is 2.18. The molecule has 2 aromatic carbocycles. The zero-order valence-corrected chi connectivity index (χ0v) is 14.1. The summed E-state index contributed by atoms with van der Waals surface area (Å²) in [5, 5.41) is 11.2. The number of ether oxygens (including phenoxy) is 2. The smallest absolute Gasteiger partial charge is 0.303 e. The minimum Gasteiger partial charge on any atom is -0.490 e. The number of carbonyl (C=O) groups is 2. The fourth-order valence-electron chi connectivity index (χ4n) is 2.14. The Morgan fingerprint density at radius 2 is 1.65 bits per heavy atom. The van der Waals surface area contributed by atoms with Crippen LogP contribution in [-0.2, 0) is 16.1 Å². The summed E-state index contributed by atoms with van der Waals surface area (Å²) in [4.78, 5) is 22.1. The Morgan fingerprint density at radius 1 is 0.962 bits per heavy atom. The molecule has 0 unspecified atom stereocenters. The summed E-state index contributed by atoms with van der Waals surface area (Å²) in [5.74, 6) is -0.512. The number of para-hydroxylation sites is 1. The Labute approximate surface area is 150 Å². The molecular formula is C19H20FNO5. The van der Waals surface area contributed by atoms with Crippen LogP contribution in [0.1, 0.15) is 18.4 Å². The fraction of sp³-hybridized carbons (Fsp3) is 0.263. The molecule has 2 aromatic rings. The zero-order chi connectivity index (χ0) is 18.8. The van der Waals surface area contributed by atoms with Crippen LogP contribution in [0.3, 0.4) is 0 Å². The molecule has 0 saturated carbocycles. The number of carboxylic acids is 1. The highest BCUT2D eigenvalue weighted by Gasteiger charge is 2.08. The van der Waals surface area contributed by atoms with Gasteiger partial charge >= 0.3 is 5.97 Å². The van der Waals surface area contributed by atoms with Crippen molar-refractivity contribution in [3.63, 3.8) is 0 Å². The van der Waals surface area contributed by atoms with Crippen LogP contribution in [0.2, 0.25) is 0 Å². The first-order valence-corrected chi connectivity index (χ1v) is 8.12. The number of hydrogen-bond acceptors (Lipinski definition) is 4. The second kappa shape index (κ2) is 10.0. The highest BCUT2D eigenvalue weighted by molar-refractivity contribution is 5.80. The van der Waals surface area contributed by atoms with E-state index in [2.05, 4.69) is 5.32 Å². The number of rotatable bonds is 10. The summed E-state index contributed by atoms with van der Waals surface area (Å²) in [7, 11) is 0. The molecule has 0 bridgehead atoms. The van der Waals surface area contributed by atoms with Crippen LogP contribution in [0, 0.1) is 5.82 Å². The summed E-state index contributed by atoms with van der Waals surface area (Å²) in [5.41, 5.74) is 0.776. The van der Waals surface area contributed by atoms with E-state index >= 15 is 0 Å². The molecule has 138 valence electrons. The van der Waals surface area contributed by atoms with E-state index in [0.717, 1.165) is 5.56 Å². The average Bonchev–Trinajstić information content (AvgIpc) is 2.64.